The van der Waals surface area contributed by atoms with E-state index in [-0.39, 0.29) is 11.9 Å². The predicted molar refractivity (Wildman–Crippen MR) is 72.1 cm³/mol. The Kier molecular flexibility index (Phi) is 6.34. The van der Waals surface area contributed by atoms with Gasteiger partial charge in [-0.05, 0) is 34.8 Å². The van der Waals surface area contributed by atoms with Crippen molar-refractivity contribution in [2.45, 2.75) is 52.0 Å². The summed E-state index contributed by atoms with van der Waals surface area (Å²) >= 11 is 3.22. The normalized spacial score (nSPS) is 12.4. The quantitative estimate of drug-likeness (QED) is 0.823. The lowest BCUT2D eigenvalue weighted by Gasteiger charge is -2.17. The molecular weight excluding hydrogens is 282 g/mol. The number of rotatable bonds is 7. The molecule has 1 heterocycles. The number of carbonyl (C=O) groups is 1. The lowest BCUT2D eigenvalue weighted by molar-refractivity contribution is 0.0930. The highest BCUT2D eigenvalue weighted by molar-refractivity contribution is 9.10. The maximum atomic E-state index is 12.0. The van der Waals surface area contributed by atoms with Gasteiger partial charge in [0.2, 0.25) is 0 Å². The molecule has 0 fully saturated rings. The van der Waals surface area contributed by atoms with Gasteiger partial charge in [0.25, 0.3) is 5.91 Å². The van der Waals surface area contributed by atoms with Crippen LogP contribution in [-0.2, 0) is 0 Å². The first-order chi connectivity index (χ1) is 8.19. The number of hydrogen-bond donors (Lipinski definition) is 1. The van der Waals surface area contributed by atoms with Crippen molar-refractivity contribution in [3.8, 4) is 0 Å². The lowest BCUT2D eigenvalue weighted by Crippen LogP contribution is -2.34. The predicted octanol–water partition coefficient (Wildman–Crippen LogP) is 4.13. The van der Waals surface area contributed by atoms with Gasteiger partial charge in [0.15, 0.2) is 4.67 Å². The van der Waals surface area contributed by atoms with Gasteiger partial charge in [0.05, 0.1) is 11.8 Å². The van der Waals surface area contributed by atoms with Crippen molar-refractivity contribution in [1.29, 1.82) is 0 Å². The Bertz CT molecular complexity index is 349. The molecule has 1 aromatic heterocycles. The molecule has 0 aliphatic rings. The van der Waals surface area contributed by atoms with Gasteiger partial charge < -0.3 is 9.73 Å². The molecule has 0 bridgehead atoms. The highest BCUT2D eigenvalue weighted by Crippen LogP contribution is 2.18. The van der Waals surface area contributed by atoms with Gasteiger partial charge in [-0.25, -0.2) is 0 Å². The van der Waals surface area contributed by atoms with E-state index >= 15 is 0 Å². The Morgan fingerprint density at radius 1 is 1.41 bits per heavy atom. The first-order valence-electron chi connectivity index (χ1n) is 6.22. The fourth-order valence-electron chi connectivity index (χ4n) is 1.81. The Morgan fingerprint density at radius 3 is 2.71 bits per heavy atom. The summed E-state index contributed by atoms with van der Waals surface area (Å²) < 4.78 is 5.56. The van der Waals surface area contributed by atoms with Crippen LogP contribution in [0.3, 0.4) is 0 Å². The second-order valence-corrected chi connectivity index (χ2v) is 4.93. The summed E-state index contributed by atoms with van der Waals surface area (Å²) in [4.78, 5) is 12.0. The van der Waals surface area contributed by atoms with E-state index in [1.54, 1.807) is 6.07 Å². The van der Waals surface area contributed by atoms with Crippen molar-refractivity contribution >= 4 is 21.8 Å². The number of furan rings is 1. The van der Waals surface area contributed by atoms with E-state index in [1.165, 1.54) is 6.26 Å². The minimum absolute atomic E-state index is 0.0554. The van der Waals surface area contributed by atoms with E-state index in [9.17, 15) is 4.79 Å². The van der Waals surface area contributed by atoms with E-state index in [0.29, 0.717) is 10.2 Å². The molecule has 1 rings (SSSR count). The van der Waals surface area contributed by atoms with Crippen LogP contribution in [0.15, 0.2) is 21.4 Å². The van der Waals surface area contributed by atoms with Crippen molar-refractivity contribution in [1.82, 2.24) is 5.32 Å². The minimum Gasteiger partial charge on any atom is -0.457 e. The van der Waals surface area contributed by atoms with Crippen LogP contribution in [0.1, 0.15) is 56.3 Å². The molecule has 1 aromatic rings. The first-order valence-corrected chi connectivity index (χ1v) is 7.02. The number of halogens is 1. The van der Waals surface area contributed by atoms with E-state index in [2.05, 4.69) is 35.1 Å². The summed E-state index contributed by atoms with van der Waals surface area (Å²) in [6.07, 6.45) is 6.98. The summed E-state index contributed by atoms with van der Waals surface area (Å²) in [7, 11) is 0. The molecule has 0 spiro atoms. The van der Waals surface area contributed by atoms with Crippen LogP contribution in [0.4, 0.5) is 0 Å². The van der Waals surface area contributed by atoms with Crippen molar-refractivity contribution in [3.63, 3.8) is 0 Å². The van der Waals surface area contributed by atoms with Crippen molar-refractivity contribution in [3.05, 3.63) is 22.6 Å². The van der Waals surface area contributed by atoms with Crippen molar-refractivity contribution < 1.29 is 9.21 Å². The second-order valence-electron chi connectivity index (χ2n) is 4.21. The standard InChI is InChI=1S/C13H20BrNO2/c1-3-5-7-10(6-4-2)15-13(16)11-8-9-17-12(11)14/h8-10H,3-7H2,1-2H3,(H,15,16). The highest BCUT2D eigenvalue weighted by Gasteiger charge is 2.16. The minimum atomic E-state index is -0.0554. The van der Waals surface area contributed by atoms with Gasteiger partial charge in [0.1, 0.15) is 0 Å². The number of carbonyl (C=O) groups excluding carboxylic acids is 1. The van der Waals surface area contributed by atoms with Crippen LogP contribution in [-0.4, -0.2) is 11.9 Å². The number of hydrogen-bond acceptors (Lipinski definition) is 2. The van der Waals surface area contributed by atoms with Gasteiger partial charge in [0, 0.05) is 6.04 Å². The van der Waals surface area contributed by atoms with E-state index in [1.807, 2.05) is 0 Å². The molecule has 1 atom stereocenters. The Labute approximate surface area is 111 Å². The summed E-state index contributed by atoms with van der Waals surface area (Å²) in [5.74, 6) is -0.0554. The third-order valence-corrected chi connectivity index (χ3v) is 3.36. The zero-order valence-corrected chi connectivity index (χ0v) is 12.0. The maximum Gasteiger partial charge on any atom is 0.255 e. The van der Waals surface area contributed by atoms with E-state index < -0.39 is 0 Å². The second kappa shape index (κ2) is 7.54. The molecule has 1 amide bonds. The summed E-state index contributed by atoms with van der Waals surface area (Å²) in [6.45, 7) is 4.30. The van der Waals surface area contributed by atoms with Crippen molar-refractivity contribution in [2.24, 2.45) is 0 Å². The number of unbranched alkanes of at least 4 members (excludes halogenated alkanes) is 1. The van der Waals surface area contributed by atoms with Crippen molar-refractivity contribution in [2.75, 3.05) is 0 Å². The molecule has 1 unspecified atom stereocenters. The third kappa shape index (κ3) is 4.54. The molecule has 0 saturated heterocycles. The zero-order chi connectivity index (χ0) is 12.7. The number of nitrogens with one attached hydrogen (secondary N) is 1. The zero-order valence-electron chi connectivity index (χ0n) is 10.5. The van der Waals surface area contributed by atoms with Crippen LogP contribution >= 0.6 is 15.9 Å². The van der Waals surface area contributed by atoms with Crippen LogP contribution in [0.2, 0.25) is 0 Å². The van der Waals surface area contributed by atoms with Crippen LogP contribution in [0.5, 0.6) is 0 Å². The van der Waals surface area contributed by atoms with Crippen LogP contribution in [0.25, 0.3) is 0 Å². The fourth-order valence-corrected chi connectivity index (χ4v) is 2.23. The van der Waals surface area contributed by atoms with E-state index in [4.69, 9.17) is 4.42 Å². The Balaban J connectivity index is 2.54. The third-order valence-electron chi connectivity index (χ3n) is 2.74. The van der Waals surface area contributed by atoms with Gasteiger partial charge in [-0.15, -0.1) is 0 Å². The SMILES string of the molecule is CCCCC(CCC)NC(=O)c1ccoc1Br. The average Bonchev–Trinajstić information content (AvgIpc) is 2.72. The molecule has 0 aliphatic heterocycles. The summed E-state index contributed by atoms with van der Waals surface area (Å²) in [5, 5.41) is 3.07. The molecule has 96 valence electrons. The Morgan fingerprint density at radius 2 is 2.18 bits per heavy atom. The molecule has 0 aliphatic carbocycles. The van der Waals surface area contributed by atoms with Gasteiger partial charge in [-0.2, -0.15) is 0 Å². The van der Waals surface area contributed by atoms with Crippen LogP contribution in [0, 0.1) is 0 Å². The molecule has 1 N–H and O–H groups in total. The smallest absolute Gasteiger partial charge is 0.255 e. The maximum absolute atomic E-state index is 12.0. The van der Waals surface area contributed by atoms with Gasteiger partial charge in [-0.1, -0.05) is 33.1 Å². The van der Waals surface area contributed by atoms with E-state index in [0.717, 1.165) is 32.1 Å². The van der Waals surface area contributed by atoms with Crippen LogP contribution < -0.4 is 5.32 Å². The molecule has 0 saturated carbocycles. The van der Waals surface area contributed by atoms with Gasteiger partial charge >= 0.3 is 0 Å². The molecular formula is C13H20BrNO2. The first kappa shape index (κ1) is 14.3. The fraction of sp³-hybridized carbons (Fsp3) is 0.615. The molecule has 0 radical (unpaired) electrons. The molecule has 0 aromatic carbocycles. The monoisotopic (exact) mass is 301 g/mol. The summed E-state index contributed by atoms with van der Waals surface area (Å²) in [5.41, 5.74) is 0.572. The largest absolute Gasteiger partial charge is 0.457 e. The van der Waals surface area contributed by atoms with Gasteiger partial charge in [-0.3, -0.25) is 4.79 Å². The lowest BCUT2D eigenvalue weighted by atomic mass is 10.0. The Hall–Kier alpha value is -0.770. The topological polar surface area (TPSA) is 42.2 Å². The molecule has 4 heteroatoms. The highest BCUT2D eigenvalue weighted by atomic mass is 79.9. The summed E-state index contributed by atoms with van der Waals surface area (Å²) in [6, 6.07) is 1.96. The molecule has 3 nitrogen and oxygen atoms in total. The number of amides is 1. The average molecular weight is 302 g/mol. The molecule has 17 heavy (non-hydrogen) atoms.